The average molecular weight is 357 g/mol. The molecule has 0 saturated heterocycles. The highest BCUT2D eigenvalue weighted by molar-refractivity contribution is 6.30. The largest absolute Gasteiger partial charge is 0.493 e. The van der Waals surface area contributed by atoms with Crippen molar-refractivity contribution in [2.45, 2.75) is 0 Å². The molecule has 0 radical (unpaired) electrons. The van der Waals surface area contributed by atoms with E-state index < -0.39 is 0 Å². The molecule has 0 saturated carbocycles. The van der Waals surface area contributed by atoms with E-state index >= 15 is 0 Å². The van der Waals surface area contributed by atoms with Gasteiger partial charge in [-0.05, 0) is 36.4 Å². The van der Waals surface area contributed by atoms with Crippen molar-refractivity contribution in [3.8, 4) is 17.2 Å². The van der Waals surface area contributed by atoms with Crippen LogP contribution >= 0.6 is 24.0 Å². The maximum atomic E-state index is 5.83. The van der Waals surface area contributed by atoms with Gasteiger partial charge < -0.3 is 14.2 Å². The fourth-order valence-electron chi connectivity index (χ4n) is 1.88. The molecule has 2 aromatic rings. The van der Waals surface area contributed by atoms with Gasteiger partial charge in [0.15, 0.2) is 11.5 Å². The summed E-state index contributed by atoms with van der Waals surface area (Å²) in [5, 5.41) is 4.86. The molecule has 0 aromatic heterocycles. The second-order valence-electron chi connectivity index (χ2n) is 4.34. The quantitative estimate of drug-likeness (QED) is 0.621. The number of hydrogen-bond donors (Lipinski definition) is 1. The molecule has 1 N–H and O–H groups in total. The van der Waals surface area contributed by atoms with E-state index in [2.05, 4.69) is 10.5 Å². The first-order valence-corrected chi connectivity index (χ1v) is 6.90. The number of anilines is 1. The number of halogens is 2. The van der Waals surface area contributed by atoms with Gasteiger partial charge in [-0.1, -0.05) is 11.6 Å². The van der Waals surface area contributed by atoms with Crippen LogP contribution in [0, 0.1) is 0 Å². The van der Waals surface area contributed by atoms with Gasteiger partial charge in [0.2, 0.25) is 5.75 Å². The van der Waals surface area contributed by atoms with Crippen molar-refractivity contribution in [2.75, 3.05) is 26.8 Å². The molecule has 0 aliphatic rings. The highest BCUT2D eigenvalue weighted by atomic mass is 35.5. The summed E-state index contributed by atoms with van der Waals surface area (Å²) in [6.07, 6.45) is 1.67. The van der Waals surface area contributed by atoms with Crippen LogP contribution < -0.4 is 19.6 Å². The summed E-state index contributed by atoms with van der Waals surface area (Å²) >= 11 is 5.83. The number of benzene rings is 2. The maximum absolute atomic E-state index is 5.83. The lowest BCUT2D eigenvalue weighted by Gasteiger charge is -2.12. The smallest absolute Gasteiger partial charge is 0.203 e. The first-order valence-electron chi connectivity index (χ1n) is 6.52. The standard InChI is InChI=1S/C16H17ClN2O3.ClH/c1-20-14-8-11(9-15(21-2)16(14)22-3)10-18-19-13-6-4-12(17)5-7-13;/h4-10,19H,1-3H3;1H. The molecule has 0 aliphatic heterocycles. The summed E-state index contributed by atoms with van der Waals surface area (Å²) in [7, 11) is 4.71. The van der Waals surface area contributed by atoms with Gasteiger partial charge in [-0.25, -0.2) is 0 Å². The Balaban J connectivity index is 0.00000264. The Morgan fingerprint density at radius 1 is 0.957 bits per heavy atom. The third kappa shape index (κ3) is 4.94. The molecule has 7 heteroatoms. The molecular formula is C16H18Cl2N2O3. The van der Waals surface area contributed by atoms with Gasteiger partial charge in [0.1, 0.15) is 0 Å². The zero-order valence-electron chi connectivity index (χ0n) is 13.0. The number of methoxy groups -OCH3 is 3. The first-order chi connectivity index (χ1) is 10.7. The molecule has 0 heterocycles. The van der Waals surface area contributed by atoms with Crippen LogP contribution in [0.2, 0.25) is 5.02 Å². The topological polar surface area (TPSA) is 52.1 Å². The monoisotopic (exact) mass is 356 g/mol. The lowest BCUT2D eigenvalue weighted by Crippen LogP contribution is -1.97. The summed E-state index contributed by atoms with van der Waals surface area (Å²) in [6.45, 7) is 0. The van der Waals surface area contributed by atoms with Crippen molar-refractivity contribution in [3.63, 3.8) is 0 Å². The molecule has 124 valence electrons. The van der Waals surface area contributed by atoms with Crippen LogP contribution in [0.3, 0.4) is 0 Å². The molecule has 5 nitrogen and oxygen atoms in total. The highest BCUT2D eigenvalue weighted by Gasteiger charge is 2.12. The van der Waals surface area contributed by atoms with Crippen molar-refractivity contribution >= 4 is 35.9 Å². The second kappa shape index (κ2) is 9.12. The summed E-state index contributed by atoms with van der Waals surface area (Å²) in [5.41, 5.74) is 4.58. The number of hydrazone groups is 1. The van der Waals surface area contributed by atoms with E-state index in [0.29, 0.717) is 22.3 Å². The van der Waals surface area contributed by atoms with E-state index in [4.69, 9.17) is 25.8 Å². The Hall–Kier alpha value is -2.11. The summed E-state index contributed by atoms with van der Waals surface area (Å²) in [6, 6.07) is 10.9. The minimum absolute atomic E-state index is 0. The Kier molecular flexibility index (Phi) is 7.51. The molecule has 0 aliphatic carbocycles. The van der Waals surface area contributed by atoms with Gasteiger partial charge in [-0.3, -0.25) is 5.43 Å². The summed E-state index contributed by atoms with van der Waals surface area (Å²) in [5.74, 6) is 1.71. The van der Waals surface area contributed by atoms with Crippen molar-refractivity contribution in [2.24, 2.45) is 5.10 Å². The fourth-order valence-corrected chi connectivity index (χ4v) is 2.01. The van der Waals surface area contributed by atoms with Gasteiger partial charge in [-0.15, -0.1) is 12.4 Å². The lowest BCUT2D eigenvalue weighted by molar-refractivity contribution is 0.324. The highest BCUT2D eigenvalue weighted by Crippen LogP contribution is 2.37. The van der Waals surface area contributed by atoms with Crippen molar-refractivity contribution < 1.29 is 14.2 Å². The van der Waals surface area contributed by atoms with Crippen LogP contribution in [0.1, 0.15) is 5.56 Å². The van der Waals surface area contributed by atoms with E-state index in [1.165, 1.54) is 0 Å². The second-order valence-corrected chi connectivity index (χ2v) is 4.77. The lowest BCUT2D eigenvalue weighted by atomic mass is 10.2. The molecule has 0 fully saturated rings. The van der Waals surface area contributed by atoms with E-state index in [-0.39, 0.29) is 12.4 Å². The van der Waals surface area contributed by atoms with Gasteiger partial charge in [-0.2, -0.15) is 5.10 Å². The van der Waals surface area contributed by atoms with Crippen LogP contribution in [-0.2, 0) is 0 Å². The molecule has 0 spiro atoms. The van der Waals surface area contributed by atoms with Crippen LogP contribution in [0.25, 0.3) is 0 Å². The van der Waals surface area contributed by atoms with Crippen LogP contribution in [0.15, 0.2) is 41.5 Å². The molecule has 0 bridgehead atoms. The van der Waals surface area contributed by atoms with E-state index in [1.54, 1.807) is 39.7 Å². The van der Waals surface area contributed by atoms with Gasteiger partial charge in [0.25, 0.3) is 0 Å². The van der Waals surface area contributed by atoms with E-state index in [1.807, 2.05) is 24.3 Å². The van der Waals surface area contributed by atoms with Crippen molar-refractivity contribution in [3.05, 3.63) is 47.0 Å². The minimum Gasteiger partial charge on any atom is -0.493 e. The predicted octanol–water partition coefficient (Wildman–Crippen LogP) is 4.23. The van der Waals surface area contributed by atoms with Gasteiger partial charge in [0.05, 0.1) is 33.2 Å². The first kappa shape index (κ1) is 18.9. The fraction of sp³-hybridized carbons (Fsp3) is 0.188. The molecular weight excluding hydrogens is 339 g/mol. The SMILES string of the molecule is COc1cc(C=NNc2ccc(Cl)cc2)cc(OC)c1OC.Cl. The number of nitrogens with one attached hydrogen (secondary N) is 1. The normalized spacial score (nSPS) is 10.1. The van der Waals surface area contributed by atoms with Crippen LogP contribution in [0.5, 0.6) is 17.2 Å². The Morgan fingerprint density at radius 2 is 1.52 bits per heavy atom. The molecule has 23 heavy (non-hydrogen) atoms. The molecule has 0 amide bonds. The molecule has 0 unspecified atom stereocenters. The summed E-state index contributed by atoms with van der Waals surface area (Å²) < 4.78 is 15.9. The predicted molar refractivity (Wildman–Crippen MR) is 96.0 cm³/mol. The van der Waals surface area contributed by atoms with Crippen molar-refractivity contribution in [1.82, 2.24) is 0 Å². The Morgan fingerprint density at radius 3 is 2.00 bits per heavy atom. The van der Waals surface area contributed by atoms with E-state index in [9.17, 15) is 0 Å². The number of rotatable bonds is 6. The Bertz CT molecular complexity index is 636. The minimum atomic E-state index is 0. The maximum Gasteiger partial charge on any atom is 0.203 e. The number of nitrogens with zero attached hydrogens (tertiary/aromatic N) is 1. The number of ether oxygens (including phenoxy) is 3. The molecule has 2 aromatic carbocycles. The Labute approximate surface area is 146 Å². The van der Waals surface area contributed by atoms with Crippen molar-refractivity contribution in [1.29, 1.82) is 0 Å². The third-order valence-electron chi connectivity index (χ3n) is 2.94. The van der Waals surface area contributed by atoms with Gasteiger partial charge in [0, 0.05) is 10.6 Å². The molecule has 2 rings (SSSR count). The van der Waals surface area contributed by atoms with Crippen LogP contribution in [-0.4, -0.2) is 27.5 Å². The van der Waals surface area contributed by atoms with Crippen LogP contribution in [0.4, 0.5) is 5.69 Å². The summed E-state index contributed by atoms with van der Waals surface area (Å²) in [4.78, 5) is 0. The zero-order chi connectivity index (χ0) is 15.9. The zero-order valence-corrected chi connectivity index (χ0v) is 14.6. The van der Waals surface area contributed by atoms with Gasteiger partial charge >= 0.3 is 0 Å². The molecule has 0 atom stereocenters. The third-order valence-corrected chi connectivity index (χ3v) is 3.19. The average Bonchev–Trinajstić information content (AvgIpc) is 2.55. The van der Waals surface area contributed by atoms with E-state index in [0.717, 1.165) is 11.3 Å². The number of hydrogen-bond acceptors (Lipinski definition) is 5.